The highest BCUT2D eigenvalue weighted by atomic mass is 32.1. The Morgan fingerprint density at radius 1 is 1.10 bits per heavy atom. The van der Waals surface area contributed by atoms with Crippen LogP contribution in [-0.4, -0.2) is 34.0 Å². The van der Waals surface area contributed by atoms with Crippen LogP contribution in [0.3, 0.4) is 0 Å². The number of hydrazine groups is 1. The summed E-state index contributed by atoms with van der Waals surface area (Å²) in [5.41, 5.74) is 8.00. The summed E-state index contributed by atoms with van der Waals surface area (Å²) in [6.07, 6.45) is 14.6. The summed E-state index contributed by atoms with van der Waals surface area (Å²) in [5.74, 6) is 2.15. The largest absolute Gasteiger partial charge is 0.411 e. The molecule has 0 aromatic carbocycles. The summed E-state index contributed by atoms with van der Waals surface area (Å²) in [7, 11) is 0. The number of fused-ring (bicyclic) bond motifs is 7. The Kier molecular flexibility index (Phi) is 4.77. The smallest absolute Gasteiger partial charge is 0.198 e. The van der Waals surface area contributed by atoms with Crippen LogP contribution in [-0.2, 0) is 6.42 Å². The Bertz CT molecular complexity index is 932. The Balaban J connectivity index is 1.30. The van der Waals surface area contributed by atoms with Crippen molar-refractivity contribution in [1.29, 1.82) is 0 Å². The number of thiazole rings is 1. The number of oxime groups is 1. The zero-order valence-corrected chi connectivity index (χ0v) is 19.8. The van der Waals surface area contributed by atoms with E-state index in [0.29, 0.717) is 5.92 Å². The number of nitrogens with one attached hydrogen (secondary N) is 1. The Morgan fingerprint density at radius 2 is 1.90 bits per heavy atom. The lowest BCUT2D eigenvalue weighted by molar-refractivity contribution is 0.0110. The van der Waals surface area contributed by atoms with E-state index < -0.39 is 0 Å². The Morgan fingerprint density at radius 3 is 2.71 bits per heavy atom. The maximum atomic E-state index is 9.59. The highest BCUT2D eigenvalue weighted by Gasteiger charge is 2.58. The second-order valence-corrected chi connectivity index (χ2v) is 12.1. The lowest BCUT2D eigenvalue weighted by Crippen LogP contribution is -2.49. The fourth-order valence-electron chi connectivity index (χ4n) is 8.02. The van der Waals surface area contributed by atoms with Gasteiger partial charge in [0.05, 0.1) is 16.3 Å². The first-order valence-electron chi connectivity index (χ1n) is 12.5. The number of aryl methyl sites for hydroxylation is 1. The van der Waals surface area contributed by atoms with Crippen molar-refractivity contribution in [2.45, 2.75) is 78.1 Å². The van der Waals surface area contributed by atoms with E-state index in [4.69, 9.17) is 4.98 Å². The number of hydrogen-bond acceptors (Lipinski definition) is 6. The lowest BCUT2D eigenvalue weighted by Gasteiger charge is -2.56. The predicted octanol–water partition coefficient (Wildman–Crippen LogP) is 5.97. The highest BCUT2D eigenvalue weighted by molar-refractivity contribution is 7.16. The van der Waals surface area contributed by atoms with Crippen LogP contribution in [0.5, 0.6) is 0 Å². The molecule has 5 aliphatic rings. The second-order valence-electron chi connectivity index (χ2n) is 11.1. The van der Waals surface area contributed by atoms with Crippen LogP contribution in [0.25, 0.3) is 5.57 Å². The van der Waals surface area contributed by atoms with Gasteiger partial charge in [0.25, 0.3) is 0 Å². The van der Waals surface area contributed by atoms with Gasteiger partial charge in [-0.05, 0) is 86.5 Å². The molecular weight excluding hydrogens is 404 g/mol. The first-order chi connectivity index (χ1) is 15.0. The number of aromatic nitrogens is 1. The molecule has 2 heterocycles. The molecule has 0 unspecified atom stereocenters. The van der Waals surface area contributed by atoms with E-state index in [-0.39, 0.29) is 10.8 Å². The highest BCUT2D eigenvalue weighted by Crippen LogP contribution is 2.65. The van der Waals surface area contributed by atoms with Crippen molar-refractivity contribution in [3.8, 4) is 0 Å². The van der Waals surface area contributed by atoms with E-state index >= 15 is 0 Å². The average molecular weight is 441 g/mol. The normalized spacial score (nSPS) is 41.2. The number of piperidine rings is 1. The van der Waals surface area contributed by atoms with Crippen molar-refractivity contribution in [1.82, 2.24) is 9.99 Å². The van der Waals surface area contributed by atoms with Crippen molar-refractivity contribution in [2.24, 2.45) is 33.7 Å². The van der Waals surface area contributed by atoms with Crippen molar-refractivity contribution in [3.05, 3.63) is 16.6 Å². The molecule has 6 rings (SSSR count). The molecule has 1 aromatic heterocycles. The van der Waals surface area contributed by atoms with Crippen molar-refractivity contribution >= 4 is 27.8 Å². The van der Waals surface area contributed by atoms with E-state index in [2.05, 4.69) is 35.5 Å². The van der Waals surface area contributed by atoms with Gasteiger partial charge in [-0.25, -0.2) is 9.99 Å². The summed E-state index contributed by atoms with van der Waals surface area (Å²) < 4.78 is 0. The molecule has 5 atom stereocenters. The molecule has 0 spiro atoms. The van der Waals surface area contributed by atoms with Crippen LogP contribution in [0.15, 0.2) is 11.2 Å². The molecular formula is C25H36N4OS. The van der Waals surface area contributed by atoms with Crippen molar-refractivity contribution in [2.75, 3.05) is 18.5 Å². The number of nitrogens with zero attached hydrogens (tertiary/aromatic N) is 3. The maximum absolute atomic E-state index is 9.59. The molecule has 168 valence electrons. The SMILES string of the molecule is C[C@]12CCc3nc(NN4CCCCC4)sc3C1=CC[C@@H]1[C@@H]2CC[C@]2(C)/C(=N/O)CC[C@@H]12. The van der Waals surface area contributed by atoms with Crippen LogP contribution in [0.2, 0.25) is 0 Å². The maximum Gasteiger partial charge on any atom is 0.198 e. The van der Waals surface area contributed by atoms with Gasteiger partial charge in [0, 0.05) is 18.5 Å². The molecule has 6 heteroatoms. The number of allylic oxidation sites excluding steroid dienone is 2. The third-order valence-corrected chi connectivity index (χ3v) is 10.8. The standard InChI is InChI=1S/C25H36N4OS/c1-24-13-11-20-22(31-23(26-20)27-29-14-4-3-5-15-29)19(24)7-6-16-17-8-9-21(28-30)25(17,2)12-10-18(16)24/h7,16-18,30H,3-6,8-15H2,1-2H3,(H,26,27)/b28-21+/t16-,17-,18-,24+,25-/m0/s1. The van der Waals surface area contributed by atoms with Crippen LogP contribution >= 0.6 is 11.3 Å². The number of hydrogen-bond donors (Lipinski definition) is 2. The van der Waals surface area contributed by atoms with Crippen LogP contribution in [0.1, 0.15) is 82.2 Å². The summed E-state index contributed by atoms with van der Waals surface area (Å²) in [5, 5.41) is 16.8. The molecule has 5 nitrogen and oxygen atoms in total. The van der Waals surface area contributed by atoms with Crippen molar-refractivity contribution in [3.63, 3.8) is 0 Å². The third kappa shape index (κ3) is 2.97. The molecule has 4 aliphatic carbocycles. The molecule has 0 bridgehead atoms. The fourth-order valence-corrected chi connectivity index (χ4v) is 9.23. The molecule has 3 fully saturated rings. The quantitative estimate of drug-likeness (QED) is 0.439. The van der Waals surface area contributed by atoms with E-state index in [1.165, 1.54) is 61.9 Å². The minimum atomic E-state index is 0.119. The fraction of sp³-hybridized carbons (Fsp3) is 0.760. The minimum absolute atomic E-state index is 0.119. The Hall–Kier alpha value is -1.40. The van der Waals surface area contributed by atoms with Crippen molar-refractivity contribution < 1.29 is 5.21 Å². The number of rotatable bonds is 2. The van der Waals surface area contributed by atoms with Gasteiger partial charge in [-0.15, -0.1) is 0 Å². The van der Waals surface area contributed by atoms with Crippen LogP contribution < -0.4 is 5.43 Å². The molecule has 1 aromatic rings. The van der Waals surface area contributed by atoms with Gasteiger partial charge in [-0.3, -0.25) is 5.43 Å². The van der Waals surface area contributed by atoms with Crippen LogP contribution in [0.4, 0.5) is 5.13 Å². The first kappa shape index (κ1) is 20.2. The van der Waals surface area contributed by atoms with E-state index in [1.54, 1.807) is 5.57 Å². The molecule has 2 N–H and O–H groups in total. The summed E-state index contributed by atoms with van der Waals surface area (Å²) >= 11 is 1.89. The summed E-state index contributed by atoms with van der Waals surface area (Å²) in [4.78, 5) is 6.50. The van der Waals surface area contributed by atoms with E-state index in [1.807, 2.05) is 11.3 Å². The zero-order valence-electron chi connectivity index (χ0n) is 19.0. The van der Waals surface area contributed by atoms with Crippen LogP contribution in [0, 0.1) is 28.6 Å². The molecule has 31 heavy (non-hydrogen) atoms. The number of anilines is 1. The summed E-state index contributed by atoms with van der Waals surface area (Å²) in [6.45, 7) is 7.19. The average Bonchev–Trinajstić information content (AvgIpc) is 3.33. The van der Waals surface area contributed by atoms with Gasteiger partial charge in [0.1, 0.15) is 0 Å². The van der Waals surface area contributed by atoms with E-state index in [9.17, 15) is 5.21 Å². The second kappa shape index (κ2) is 7.31. The topological polar surface area (TPSA) is 60.8 Å². The first-order valence-corrected chi connectivity index (χ1v) is 13.3. The van der Waals surface area contributed by atoms with E-state index in [0.717, 1.165) is 48.6 Å². The third-order valence-electron chi connectivity index (χ3n) is 9.76. The molecule has 1 saturated heterocycles. The van der Waals surface area contributed by atoms with Gasteiger partial charge in [-0.2, -0.15) is 0 Å². The predicted molar refractivity (Wildman–Crippen MR) is 126 cm³/mol. The van der Waals surface area contributed by atoms with Gasteiger partial charge in [0.2, 0.25) is 0 Å². The molecule has 0 amide bonds. The molecule has 2 saturated carbocycles. The van der Waals surface area contributed by atoms with Gasteiger partial charge >= 0.3 is 0 Å². The van der Waals surface area contributed by atoms with Gasteiger partial charge < -0.3 is 5.21 Å². The molecule has 0 radical (unpaired) electrons. The minimum Gasteiger partial charge on any atom is -0.411 e. The Labute approximate surface area is 190 Å². The lowest BCUT2D eigenvalue weighted by atomic mass is 9.48. The summed E-state index contributed by atoms with van der Waals surface area (Å²) in [6, 6.07) is 0. The van der Waals surface area contributed by atoms with Gasteiger partial charge in [0.15, 0.2) is 5.13 Å². The molecule has 1 aliphatic heterocycles. The van der Waals surface area contributed by atoms with Gasteiger partial charge in [-0.1, -0.05) is 42.8 Å². The zero-order chi connectivity index (χ0) is 21.2. The monoisotopic (exact) mass is 440 g/mol.